The van der Waals surface area contributed by atoms with Crippen molar-refractivity contribution in [2.75, 3.05) is 18.4 Å². The molecule has 1 amide bonds. The first-order valence-electron chi connectivity index (χ1n) is 7.52. The summed E-state index contributed by atoms with van der Waals surface area (Å²) in [4.78, 5) is 21.6. The zero-order chi connectivity index (χ0) is 17.2. The molecule has 23 heavy (non-hydrogen) atoms. The van der Waals surface area contributed by atoms with Crippen LogP contribution in [0.1, 0.15) is 32.8 Å². The SMILES string of the molecule is Cc1cnc(Cl)nc1NCC1CC(F)CN1C(=O)OC(C)(C)C. The van der Waals surface area contributed by atoms with Crippen molar-refractivity contribution in [3.8, 4) is 0 Å². The fourth-order valence-electron chi connectivity index (χ4n) is 2.41. The average molecular weight is 345 g/mol. The fourth-order valence-corrected chi connectivity index (χ4v) is 2.54. The Hall–Kier alpha value is -1.63. The molecule has 0 bridgehead atoms. The van der Waals surface area contributed by atoms with Crippen molar-refractivity contribution in [3.05, 3.63) is 17.0 Å². The summed E-state index contributed by atoms with van der Waals surface area (Å²) >= 11 is 5.78. The van der Waals surface area contributed by atoms with E-state index >= 15 is 0 Å². The number of aryl methyl sites for hydroxylation is 1. The van der Waals surface area contributed by atoms with E-state index < -0.39 is 17.9 Å². The molecule has 0 spiro atoms. The van der Waals surface area contributed by atoms with Crippen LogP contribution in [0.2, 0.25) is 5.28 Å². The quantitative estimate of drug-likeness (QED) is 0.853. The molecule has 1 saturated heterocycles. The van der Waals surface area contributed by atoms with Crippen molar-refractivity contribution in [3.63, 3.8) is 0 Å². The highest BCUT2D eigenvalue weighted by Crippen LogP contribution is 2.24. The third-order valence-electron chi connectivity index (χ3n) is 3.44. The van der Waals surface area contributed by atoms with E-state index in [1.54, 1.807) is 27.0 Å². The molecule has 6 nitrogen and oxygen atoms in total. The van der Waals surface area contributed by atoms with Crippen LogP contribution in [0.4, 0.5) is 15.0 Å². The predicted molar refractivity (Wildman–Crippen MR) is 86.5 cm³/mol. The number of hydrogen-bond acceptors (Lipinski definition) is 5. The molecule has 1 fully saturated rings. The number of halogens is 2. The minimum absolute atomic E-state index is 0.0464. The van der Waals surface area contributed by atoms with Gasteiger partial charge in [0.25, 0.3) is 0 Å². The molecule has 2 atom stereocenters. The summed E-state index contributed by atoms with van der Waals surface area (Å²) in [6.07, 6.45) is 0.325. The van der Waals surface area contributed by atoms with Crippen molar-refractivity contribution < 1.29 is 13.9 Å². The molecule has 8 heteroatoms. The van der Waals surface area contributed by atoms with Crippen molar-refractivity contribution in [2.24, 2.45) is 0 Å². The first-order valence-corrected chi connectivity index (χ1v) is 7.90. The number of aromatic nitrogens is 2. The maximum Gasteiger partial charge on any atom is 0.410 e. The molecule has 0 aliphatic carbocycles. The number of rotatable bonds is 3. The number of likely N-dealkylation sites (tertiary alicyclic amines) is 1. The molecule has 1 aromatic heterocycles. The highest BCUT2D eigenvalue weighted by molar-refractivity contribution is 6.28. The lowest BCUT2D eigenvalue weighted by Gasteiger charge is -2.28. The zero-order valence-corrected chi connectivity index (χ0v) is 14.5. The summed E-state index contributed by atoms with van der Waals surface area (Å²) in [6.45, 7) is 7.61. The van der Waals surface area contributed by atoms with Crippen LogP contribution in [0.3, 0.4) is 0 Å². The summed E-state index contributed by atoms with van der Waals surface area (Å²) in [5.41, 5.74) is 0.216. The van der Waals surface area contributed by atoms with Crippen molar-refractivity contribution in [1.29, 1.82) is 0 Å². The Morgan fingerprint density at radius 3 is 2.91 bits per heavy atom. The van der Waals surface area contributed by atoms with E-state index in [-0.39, 0.29) is 24.3 Å². The number of carbonyl (C=O) groups is 1. The van der Waals surface area contributed by atoms with Gasteiger partial charge in [-0.1, -0.05) is 0 Å². The van der Waals surface area contributed by atoms with E-state index in [0.717, 1.165) is 5.56 Å². The highest BCUT2D eigenvalue weighted by Gasteiger charge is 2.37. The van der Waals surface area contributed by atoms with Crippen LogP contribution in [0.15, 0.2) is 6.20 Å². The summed E-state index contributed by atoms with van der Waals surface area (Å²) < 4.78 is 19.1. The van der Waals surface area contributed by atoms with E-state index in [2.05, 4.69) is 15.3 Å². The molecular weight excluding hydrogens is 323 g/mol. The zero-order valence-electron chi connectivity index (χ0n) is 13.8. The second-order valence-corrected chi connectivity index (χ2v) is 7.01. The maximum atomic E-state index is 13.8. The Kier molecular flexibility index (Phi) is 5.29. The van der Waals surface area contributed by atoms with Gasteiger partial charge in [-0.05, 0) is 39.3 Å². The average Bonchev–Trinajstić information content (AvgIpc) is 2.79. The molecule has 2 unspecified atom stereocenters. The van der Waals surface area contributed by atoms with Gasteiger partial charge >= 0.3 is 6.09 Å². The van der Waals surface area contributed by atoms with Crippen molar-refractivity contribution >= 4 is 23.5 Å². The van der Waals surface area contributed by atoms with E-state index in [1.807, 2.05) is 6.92 Å². The Morgan fingerprint density at radius 2 is 2.26 bits per heavy atom. The van der Waals surface area contributed by atoms with Gasteiger partial charge in [-0.3, -0.25) is 0 Å². The Labute approximate surface area is 140 Å². The summed E-state index contributed by atoms with van der Waals surface area (Å²) in [6, 6.07) is -0.298. The Bertz CT molecular complexity index is 579. The molecule has 0 saturated carbocycles. The molecule has 0 aromatic carbocycles. The lowest BCUT2D eigenvalue weighted by Crippen LogP contribution is -2.42. The van der Waals surface area contributed by atoms with Gasteiger partial charge in [0, 0.05) is 24.7 Å². The van der Waals surface area contributed by atoms with Gasteiger partial charge in [0.2, 0.25) is 5.28 Å². The topological polar surface area (TPSA) is 67.4 Å². The number of nitrogens with one attached hydrogen (secondary N) is 1. The summed E-state index contributed by atoms with van der Waals surface area (Å²) in [5, 5.41) is 3.25. The van der Waals surface area contributed by atoms with Gasteiger partial charge in [-0.25, -0.2) is 19.2 Å². The molecule has 1 aromatic rings. The monoisotopic (exact) mass is 344 g/mol. The number of ether oxygens (including phenoxy) is 1. The van der Waals surface area contributed by atoms with E-state index in [9.17, 15) is 9.18 Å². The summed E-state index contributed by atoms with van der Waals surface area (Å²) in [5.74, 6) is 0.580. The van der Waals surface area contributed by atoms with Crippen LogP contribution < -0.4 is 5.32 Å². The highest BCUT2D eigenvalue weighted by atomic mass is 35.5. The third kappa shape index (κ3) is 4.92. The molecule has 1 aliphatic rings. The molecule has 2 rings (SSSR count). The first kappa shape index (κ1) is 17.7. The first-order chi connectivity index (χ1) is 10.7. The molecule has 128 valence electrons. The van der Waals surface area contributed by atoms with Gasteiger partial charge in [-0.15, -0.1) is 0 Å². The lowest BCUT2D eigenvalue weighted by atomic mass is 10.2. The van der Waals surface area contributed by atoms with Gasteiger partial charge < -0.3 is 15.0 Å². The molecule has 1 aliphatic heterocycles. The fraction of sp³-hybridized carbons (Fsp3) is 0.667. The number of anilines is 1. The number of amides is 1. The van der Waals surface area contributed by atoms with E-state index in [0.29, 0.717) is 12.4 Å². The third-order valence-corrected chi connectivity index (χ3v) is 3.62. The normalized spacial score (nSPS) is 21.4. The molecule has 1 N–H and O–H groups in total. The minimum Gasteiger partial charge on any atom is -0.444 e. The van der Waals surface area contributed by atoms with Crippen molar-refractivity contribution in [1.82, 2.24) is 14.9 Å². The number of carbonyl (C=O) groups excluding carboxylic acids is 1. The Balaban J connectivity index is 2.02. The molecule has 2 heterocycles. The van der Waals surface area contributed by atoms with Crippen LogP contribution >= 0.6 is 11.6 Å². The predicted octanol–water partition coefficient (Wildman–Crippen LogP) is 3.20. The van der Waals surface area contributed by atoms with Crippen molar-refractivity contribution in [2.45, 2.75) is 51.9 Å². The van der Waals surface area contributed by atoms with E-state index in [1.165, 1.54) is 4.90 Å². The summed E-state index contributed by atoms with van der Waals surface area (Å²) in [7, 11) is 0. The molecular formula is C15H22ClFN4O2. The van der Waals surface area contributed by atoms with Gasteiger partial charge in [0.15, 0.2) is 0 Å². The number of nitrogens with zero attached hydrogens (tertiary/aromatic N) is 3. The minimum atomic E-state index is -1.05. The number of alkyl halides is 1. The lowest BCUT2D eigenvalue weighted by molar-refractivity contribution is 0.0226. The maximum absolute atomic E-state index is 13.8. The van der Waals surface area contributed by atoms with Gasteiger partial charge in [0.1, 0.15) is 17.6 Å². The van der Waals surface area contributed by atoms with Crippen LogP contribution in [0.25, 0.3) is 0 Å². The Morgan fingerprint density at radius 1 is 1.57 bits per heavy atom. The van der Waals surface area contributed by atoms with Crippen LogP contribution in [0, 0.1) is 6.92 Å². The number of hydrogen-bond donors (Lipinski definition) is 1. The van der Waals surface area contributed by atoms with Crippen LogP contribution in [-0.2, 0) is 4.74 Å². The van der Waals surface area contributed by atoms with Gasteiger partial charge in [0.05, 0.1) is 12.6 Å². The second-order valence-electron chi connectivity index (χ2n) is 6.67. The standard InChI is InChI=1S/C15H22ClFN4O2/c1-9-6-19-13(16)20-12(9)18-7-11-5-10(17)8-21(11)14(22)23-15(2,3)4/h6,10-11H,5,7-8H2,1-4H3,(H,18,19,20). The largest absolute Gasteiger partial charge is 0.444 e. The van der Waals surface area contributed by atoms with E-state index in [4.69, 9.17) is 16.3 Å². The van der Waals surface area contributed by atoms with Gasteiger partial charge in [-0.2, -0.15) is 0 Å². The smallest absolute Gasteiger partial charge is 0.410 e. The second kappa shape index (κ2) is 6.86. The van der Waals surface area contributed by atoms with Crippen LogP contribution in [0.5, 0.6) is 0 Å². The molecule has 0 radical (unpaired) electrons. The van der Waals surface area contributed by atoms with Crippen LogP contribution in [-0.4, -0.2) is 51.9 Å².